The quantitative estimate of drug-likeness (QED) is 0.00971. The van der Waals surface area contributed by atoms with E-state index in [1.165, 1.54) is 96.0 Å². The summed E-state index contributed by atoms with van der Waals surface area (Å²) in [5, 5.41) is 26.5. The van der Waals surface area contributed by atoms with E-state index in [4.69, 9.17) is 57.4 Å². The summed E-state index contributed by atoms with van der Waals surface area (Å²) in [4.78, 5) is 154. The van der Waals surface area contributed by atoms with Crippen molar-refractivity contribution >= 4 is 160 Å². The van der Waals surface area contributed by atoms with Gasteiger partial charge in [-0.1, -0.05) is 49.4 Å². The number of nitrogens with zero attached hydrogens (tertiary/aromatic N) is 21. The minimum absolute atomic E-state index is 0.111. The van der Waals surface area contributed by atoms with E-state index in [1.54, 1.807) is 185 Å². The third kappa shape index (κ3) is 32.6. The molecule has 46 heteroatoms. The van der Waals surface area contributed by atoms with Crippen LogP contribution in [0.2, 0.25) is 5.15 Å². The first-order valence-electron chi connectivity index (χ1n) is 46.5. The fourth-order valence-electron chi connectivity index (χ4n) is 14.9. The number of halogens is 2. The van der Waals surface area contributed by atoms with Crippen molar-refractivity contribution in [3.8, 4) is 40.1 Å². The standard InChI is InChI=1S/C29H34N8O4.C27H28N8O3.C19H20N4O4S.C11H18N4O.C6H5ClN2O3.C6H13N.C3H3ClO/c1-29(2,3)41-28(39)32-20-7-6-8-21(15-20)37-25(38)10-9-19-17-31-27(34-26(19)37)33-22-18-30-24(16-23(22)40-5)36-13-11-35(4)12-14-36;1-4-24(36)30-19-6-5-7-20(14-19)35-25(37)9-8-18-16-29-27(32-26(18)35)31-21-17-28-23(15-22(21)38-3)34-12-10-33(2)11-13-34;1-19(2,3)27-18(25)21-13-6-5-7-14(10-13)23-15(24)9-8-12-11-20-17(28(4)26)22-16(12)23;1-14-3-5-15(6-4-14)11-7-10(16-2)9(12)8-13-11;1-12-5-2-6(7)8-3-4(5)9(10)11;1-7-5-3-2-4-6-7;1-2-3(4)5/h6-10,15-18H,11-14H2,1-5H3,(H,32,39)(H,31,33,34);4-9,14-17H,1,10-13H2,2-3H3,(H,30,36)(H,29,31,32);5-11H,1-4H3,(H,21,25);7-8H,3-6,12H2,1-2H3;2-3H,1H3;2-6H2,1H3;2H,1H2. The van der Waals surface area contributed by atoms with Gasteiger partial charge in [-0.3, -0.25) is 62.6 Å². The summed E-state index contributed by atoms with van der Waals surface area (Å²) in [6, 6.07) is 36.9. The van der Waals surface area contributed by atoms with E-state index < -0.39 is 44.4 Å². The first kappa shape index (κ1) is 112. The summed E-state index contributed by atoms with van der Waals surface area (Å²) in [5.74, 6) is 4.85. The number of hydrogen-bond donors (Lipinski definition) is 6. The number of anilines is 11. The molecule has 3 aromatic carbocycles. The van der Waals surface area contributed by atoms with Crippen molar-refractivity contribution in [3.05, 3.63) is 248 Å². The Bertz CT molecular complexity index is 7040. The number of likely N-dealkylation sites (tertiary alicyclic amines) is 1. The first-order valence-corrected chi connectivity index (χ1v) is 48.8. The molecule has 3 amide bonds. The van der Waals surface area contributed by atoms with Crippen molar-refractivity contribution in [3.63, 3.8) is 0 Å². The van der Waals surface area contributed by atoms with Gasteiger partial charge in [-0.2, -0.15) is 9.97 Å². The third-order valence-electron chi connectivity index (χ3n) is 22.4. The van der Waals surface area contributed by atoms with E-state index >= 15 is 0 Å². The van der Waals surface area contributed by atoms with Crippen molar-refractivity contribution in [2.45, 2.75) is 77.2 Å². The molecule has 10 aromatic heterocycles. The van der Waals surface area contributed by atoms with Crippen molar-refractivity contribution in [1.29, 1.82) is 0 Å². The SMILES string of the molecule is C=CC(=O)Cl.C=CC(=O)Nc1cccc(-n2c(=O)ccc3cnc(Nc4cnc(N5CCN(C)CC5)cc4OC)nc32)c1.CN1CCCCC1.COc1cc(Cl)ncc1[N+](=O)[O-].COc1cc(N2CCN(C)CC2)ncc1N.COc1cc(N2CCN(C)CC2)ncc1Nc1ncc2ccc(=O)n(-c3cccc(NC(=O)OC(C)(C)C)c3)c2n1.CS(=O)c1ncc2ccc(=O)n(-c3cccc(NC(=O)OC(C)(C)C)c3)c2n1. The van der Waals surface area contributed by atoms with E-state index in [9.17, 15) is 47.9 Å². The minimum Gasteiger partial charge on any atom is -0.494 e. The second kappa shape index (κ2) is 52.7. The number of aromatic nitrogens is 13. The predicted octanol–water partition coefficient (Wildman–Crippen LogP) is 13.8. The van der Waals surface area contributed by atoms with Crippen LogP contribution in [0, 0.1) is 10.1 Å². The molecule has 13 aromatic rings. The number of nitrogens with two attached hydrogens (primary N) is 1. The monoisotopic (exact) mass is 2070 g/mol. The molecule has 7 N–H and O–H groups in total. The molecule has 0 aliphatic carbocycles. The van der Waals surface area contributed by atoms with Gasteiger partial charge in [0.2, 0.25) is 34.0 Å². The Kier molecular flexibility index (Phi) is 40.0. The number of allylic oxidation sites excluding steroid dienone is 1. The Morgan fingerprint density at radius 2 is 0.810 bits per heavy atom. The van der Waals surface area contributed by atoms with Crippen molar-refractivity contribution in [1.82, 2.24) is 83.1 Å². The van der Waals surface area contributed by atoms with Gasteiger partial charge in [-0.05, 0) is 192 Å². The number of ether oxygens (including phenoxy) is 6. The number of nitro groups is 1. The predicted molar refractivity (Wildman–Crippen MR) is 574 cm³/mol. The van der Waals surface area contributed by atoms with Crippen molar-refractivity contribution < 1.29 is 56.7 Å². The van der Waals surface area contributed by atoms with Crippen LogP contribution >= 0.6 is 23.2 Å². The topological polar surface area (TPSA) is 488 Å². The van der Waals surface area contributed by atoms with Gasteiger partial charge in [0.1, 0.15) is 68.6 Å². The maximum Gasteiger partial charge on any atom is 0.412 e. The molecule has 0 bridgehead atoms. The number of benzene rings is 3. The zero-order chi connectivity index (χ0) is 106. The van der Waals surface area contributed by atoms with Crippen LogP contribution in [0.15, 0.2) is 222 Å². The van der Waals surface area contributed by atoms with E-state index in [0.717, 1.165) is 108 Å². The minimum atomic E-state index is -1.39. The van der Waals surface area contributed by atoms with Gasteiger partial charge in [-0.25, -0.2) is 49.5 Å². The lowest BCUT2D eigenvalue weighted by molar-refractivity contribution is -0.386. The molecule has 0 spiro atoms. The molecular weight excluding hydrogens is 1950 g/mol. The molecular formula is C101H121Cl2N27O16S. The number of piperazine rings is 3. The lowest BCUT2D eigenvalue weighted by Crippen LogP contribution is -2.44. The van der Waals surface area contributed by atoms with Crippen molar-refractivity contribution in [2.24, 2.45) is 0 Å². The fourth-order valence-corrected chi connectivity index (χ4v) is 15.4. The molecule has 4 aliphatic heterocycles. The highest BCUT2D eigenvalue weighted by Crippen LogP contribution is 2.35. The molecule has 4 saturated heterocycles. The third-order valence-corrected chi connectivity index (χ3v) is 23.5. The number of pyridine rings is 7. The Balaban J connectivity index is 0.000000178. The number of hydrogen-bond acceptors (Lipinski definition) is 36. The molecule has 14 heterocycles. The van der Waals surface area contributed by atoms with Crippen LogP contribution in [-0.4, -0.2) is 281 Å². The number of amides is 3. The molecule has 17 rings (SSSR count). The van der Waals surface area contributed by atoms with Crippen LogP contribution in [0.1, 0.15) is 60.8 Å². The molecule has 1 unspecified atom stereocenters. The zero-order valence-corrected chi connectivity index (χ0v) is 86.8. The Labute approximate surface area is 861 Å². The highest BCUT2D eigenvalue weighted by atomic mass is 35.5. The highest BCUT2D eigenvalue weighted by molar-refractivity contribution is 7.84. The maximum absolute atomic E-state index is 13.1. The number of carbonyl (C=O) groups is 4. The van der Waals surface area contributed by atoms with E-state index in [2.05, 4.69) is 152 Å². The number of piperidine rings is 1. The normalized spacial score (nSPS) is 14.0. The second-order valence-electron chi connectivity index (χ2n) is 35.6. The fraction of sp³-hybridized carbons (Fsp3) is 0.337. The molecule has 4 aliphatic rings. The number of fused-ring (bicyclic) bond motifs is 3. The van der Waals surface area contributed by atoms with Gasteiger partial charge in [-0.15, -0.1) is 0 Å². The number of likely N-dealkylation sites (N-methyl/N-ethyl adjacent to an activating group) is 3. The Hall–Kier alpha value is -15.7. The largest absolute Gasteiger partial charge is 0.494 e. The van der Waals surface area contributed by atoms with Crippen LogP contribution < -0.4 is 82.6 Å². The highest BCUT2D eigenvalue weighted by Gasteiger charge is 2.26. The van der Waals surface area contributed by atoms with Crippen LogP contribution in [0.3, 0.4) is 0 Å². The number of methoxy groups -OCH3 is 4. The molecule has 0 saturated carbocycles. The summed E-state index contributed by atoms with van der Waals surface area (Å²) in [6.07, 6.45) is 17.7. The molecule has 0 radical (unpaired) electrons. The molecule has 43 nitrogen and oxygen atoms in total. The van der Waals surface area contributed by atoms with E-state index in [-0.39, 0.29) is 56.2 Å². The van der Waals surface area contributed by atoms with Crippen LogP contribution in [0.5, 0.6) is 23.0 Å². The van der Waals surface area contributed by atoms with E-state index in [0.29, 0.717) is 102 Å². The molecule has 4 fully saturated rings. The Morgan fingerprint density at radius 1 is 0.449 bits per heavy atom. The Morgan fingerprint density at radius 3 is 1.16 bits per heavy atom. The van der Waals surface area contributed by atoms with Gasteiger partial charge in [0.15, 0.2) is 16.9 Å². The number of nitrogens with one attached hydrogen (secondary N) is 5. The van der Waals surface area contributed by atoms with Crippen LogP contribution in [-0.2, 0) is 29.9 Å². The summed E-state index contributed by atoms with van der Waals surface area (Å²) in [6.45, 7) is 31.4. The van der Waals surface area contributed by atoms with Gasteiger partial charge in [0.05, 0.1) is 85.5 Å². The lowest BCUT2D eigenvalue weighted by atomic mass is 10.1. The smallest absolute Gasteiger partial charge is 0.412 e. The zero-order valence-electron chi connectivity index (χ0n) is 84.5. The molecule has 147 heavy (non-hydrogen) atoms. The lowest BCUT2D eigenvalue weighted by Gasteiger charge is -2.33. The maximum atomic E-state index is 13.1. The molecule has 776 valence electrons. The number of rotatable bonds is 21. The average molecular weight is 2070 g/mol. The van der Waals surface area contributed by atoms with E-state index in [1.807, 2.05) is 18.2 Å². The van der Waals surface area contributed by atoms with Gasteiger partial charge < -0.3 is 84.4 Å². The van der Waals surface area contributed by atoms with Gasteiger partial charge in [0.25, 0.3) is 16.7 Å². The van der Waals surface area contributed by atoms with Crippen LogP contribution in [0.4, 0.5) is 78.8 Å². The van der Waals surface area contributed by atoms with Crippen LogP contribution in [0.25, 0.3) is 50.2 Å². The van der Waals surface area contributed by atoms with Gasteiger partial charge >= 0.3 is 17.9 Å². The number of carbonyl (C=O) groups excluding carboxylic acids is 4. The summed E-state index contributed by atoms with van der Waals surface area (Å²) >= 11 is 10.2. The first-order chi connectivity index (χ1) is 70.2. The summed E-state index contributed by atoms with van der Waals surface area (Å²) in [7, 11) is 13.3. The summed E-state index contributed by atoms with van der Waals surface area (Å²) in [5.41, 5.74) is 9.35. The van der Waals surface area contributed by atoms with Gasteiger partial charge in [0, 0.05) is 179 Å². The molecule has 1 atom stereocenters. The average Bonchev–Trinajstić information content (AvgIpc) is 0.776. The number of nitrogen functional groups attached to an aromatic ring is 1. The second-order valence-corrected chi connectivity index (χ2v) is 37.7. The van der Waals surface area contributed by atoms with Crippen molar-refractivity contribution in [2.75, 3.05) is 202 Å². The summed E-state index contributed by atoms with van der Waals surface area (Å²) < 4.78 is 47.9.